The van der Waals surface area contributed by atoms with E-state index in [1.165, 1.54) is 0 Å². The molecular weight excluding hydrogens is 466 g/mol. The molecule has 0 bridgehead atoms. The molecule has 0 aromatic heterocycles. The molecule has 3 amide bonds. The van der Waals surface area contributed by atoms with Crippen LogP contribution in [0.15, 0.2) is 66.7 Å². The smallest absolute Gasteiger partial charge is 0.310 e. The number of amides is 3. The van der Waals surface area contributed by atoms with E-state index in [4.69, 9.17) is 0 Å². The lowest BCUT2D eigenvalue weighted by molar-refractivity contribution is -0.139. The van der Waals surface area contributed by atoms with Gasteiger partial charge in [0.2, 0.25) is 0 Å². The SMILES string of the molecule is C[Si](C)(C)C#CCNC(=O)C(=O)NCc1ccccc1C(=O)NC1(c2ccc3ccccc3c2)CC1. The van der Waals surface area contributed by atoms with Gasteiger partial charge in [-0.05, 0) is 46.9 Å². The van der Waals surface area contributed by atoms with Gasteiger partial charge in [-0.3, -0.25) is 14.4 Å². The van der Waals surface area contributed by atoms with Crippen molar-refractivity contribution in [2.24, 2.45) is 0 Å². The second kappa shape index (κ2) is 10.4. The second-order valence-electron chi connectivity index (χ2n) is 10.2. The van der Waals surface area contributed by atoms with Gasteiger partial charge in [0, 0.05) is 12.1 Å². The molecule has 1 fully saturated rings. The van der Waals surface area contributed by atoms with Crippen LogP contribution in [0.1, 0.15) is 34.3 Å². The van der Waals surface area contributed by atoms with Crippen molar-refractivity contribution in [2.45, 2.75) is 44.6 Å². The molecule has 1 aliphatic rings. The number of benzene rings is 3. The van der Waals surface area contributed by atoms with E-state index in [1.54, 1.807) is 24.3 Å². The van der Waals surface area contributed by atoms with Crippen molar-refractivity contribution in [2.75, 3.05) is 6.54 Å². The molecule has 6 nitrogen and oxygen atoms in total. The van der Waals surface area contributed by atoms with E-state index in [0.717, 1.165) is 29.2 Å². The van der Waals surface area contributed by atoms with Gasteiger partial charge in [0.05, 0.1) is 12.1 Å². The van der Waals surface area contributed by atoms with E-state index >= 15 is 0 Å². The van der Waals surface area contributed by atoms with Crippen molar-refractivity contribution >= 4 is 36.6 Å². The minimum absolute atomic E-state index is 0.0689. The highest BCUT2D eigenvalue weighted by Crippen LogP contribution is 2.46. The Hall–Kier alpha value is -3.89. The molecule has 7 heteroatoms. The Morgan fingerprint density at radius 2 is 1.53 bits per heavy atom. The molecule has 0 heterocycles. The number of nitrogens with one attached hydrogen (secondary N) is 3. The maximum atomic E-state index is 13.3. The van der Waals surface area contributed by atoms with Gasteiger partial charge in [-0.25, -0.2) is 0 Å². The third-order valence-corrected chi connectivity index (χ3v) is 7.04. The first kappa shape index (κ1) is 25.2. The van der Waals surface area contributed by atoms with Crippen LogP contribution in [0.3, 0.4) is 0 Å². The van der Waals surface area contributed by atoms with Crippen molar-refractivity contribution in [3.8, 4) is 11.5 Å². The quantitative estimate of drug-likeness (QED) is 0.274. The summed E-state index contributed by atoms with van der Waals surface area (Å²) in [5.41, 5.74) is 4.97. The summed E-state index contributed by atoms with van der Waals surface area (Å²) in [7, 11) is -1.53. The molecule has 3 N–H and O–H groups in total. The fraction of sp³-hybridized carbons (Fsp3) is 0.276. The molecule has 4 rings (SSSR count). The average Bonchev–Trinajstić information content (AvgIpc) is 3.64. The fourth-order valence-corrected chi connectivity index (χ4v) is 4.67. The summed E-state index contributed by atoms with van der Waals surface area (Å²) in [6, 6.07) is 21.6. The maximum Gasteiger partial charge on any atom is 0.310 e. The van der Waals surface area contributed by atoms with Gasteiger partial charge in [0.1, 0.15) is 8.07 Å². The summed E-state index contributed by atoms with van der Waals surface area (Å²) in [6.07, 6.45) is 1.74. The first-order chi connectivity index (χ1) is 17.2. The van der Waals surface area contributed by atoms with E-state index in [1.807, 2.05) is 12.1 Å². The van der Waals surface area contributed by atoms with Crippen LogP contribution in [0.2, 0.25) is 19.6 Å². The molecule has 0 radical (unpaired) electrons. The Morgan fingerprint density at radius 3 is 2.25 bits per heavy atom. The van der Waals surface area contributed by atoms with Crippen molar-refractivity contribution in [3.63, 3.8) is 0 Å². The van der Waals surface area contributed by atoms with E-state index in [2.05, 4.69) is 77.4 Å². The van der Waals surface area contributed by atoms with Crippen LogP contribution in [0.5, 0.6) is 0 Å². The van der Waals surface area contributed by atoms with Gasteiger partial charge in [0.25, 0.3) is 5.91 Å². The summed E-state index contributed by atoms with van der Waals surface area (Å²) < 4.78 is 0. The highest BCUT2D eigenvalue weighted by Gasteiger charge is 2.46. The van der Waals surface area contributed by atoms with E-state index in [-0.39, 0.29) is 24.5 Å². The molecule has 0 unspecified atom stereocenters. The van der Waals surface area contributed by atoms with Gasteiger partial charge in [-0.15, -0.1) is 5.54 Å². The second-order valence-corrected chi connectivity index (χ2v) is 14.9. The molecule has 0 aliphatic heterocycles. The lowest BCUT2D eigenvalue weighted by Gasteiger charge is -2.20. The summed E-state index contributed by atoms with van der Waals surface area (Å²) in [6.45, 7) is 6.52. The van der Waals surface area contributed by atoms with Crippen LogP contribution in [0.25, 0.3) is 10.8 Å². The Balaban J connectivity index is 1.39. The van der Waals surface area contributed by atoms with Gasteiger partial charge in [0.15, 0.2) is 0 Å². The lowest BCUT2D eigenvalue weighted by Crippen LogP contribution is -2.40. The number of hydrogen-bond donors (Lipinski definition) is 3. The zero-order chi connectivity index (χ0) is 25.8. The summed E-state index contributed by atoms with van der Waals surface area (Å²) in [5.74, 6) is 1.21. The van der Waals surface area contributed by atoms with Crippen LogP contribution in [0.4, 0.5) is 0 Å². The molecule has 3 aromatic carbocycles. The zero-order valence-corrected chi connectivity index (χ0v) is 21.9. The summed E-state index contributed by atoms with van der Waals surface area (Å²) >= 11 is 0. The third kappa shape index (κ3) is 6.21. The molecule has 36 heavy (non-hydrogen) atoms. The first-order valence-electron chi connectivity index (χ1n) is 12.1. The van der Waals surface area contributed by atoms with Crippen LogP contribution in [0, 0.1) is 11.5 Å². The van der Waals surface area contributed by atoms with Crippen LogP contribution in [-0.4, -0.2) is 32.3 Å². The molecular formula is C29H31N3O3Si. The van der Waals surface area contributed by atoms with Crippen molar-refractivity contribution in [1.82, 2.24) is 16.0 Å². The molecule has 1 saturated carbocycles. The molecule has 184 valence electrons. The first-order valence-corrected chi connectivity index (χ1v) is 15.6. The number of carbonyl (C=O) groups excluding carboxylic acids is 3. The predicted octanol–water partition coefficient (Wildman–Crippen LogP) is 3.87. The van der Waals surface area contributed by atoms with E-state index in [9.17, 15) is 14.4 Å². The zero-order valence-electron chi connectivity index (χ0n) is 20.9. The Labute approximate surface area is 212 Å². The number of fused-ring (bicyclic) bond motifs is 1. The minimum atomic E-state index is -1.53. The highest BCUT2D eigenvalue weighted by molar-refractivity contribution is 6.83. The van der Waals surface area contributed by atoms with Crippen LogP contribution >= 0.6 is 0 Å². The fourth-order valence-electron chi connectivity index (χ4n) is 4.05. The molecule has 0 spiro atoms. The van der Waals surface area contributed by atoms with Crippen molar-refractivity contribution < 1.29 is 14.4 Å². The normalized spacial score (nSPS) is 13.8. The molecule has 3 aromatic rings. The van der Waals surface area contributed by atoms with Crippen LogP contribution in [-0.2, 0) is 21.7 Å². The lowest BCUT2D eigenvalue weighted by atomic mass is 9.99. The highest BCUT2D eigenvalue weighted by atomic mass is 28.3. The van der Waals surface area contributed by atoms with Gasteiger partial charge >= 0.3 is 11.8 Å². The van der Waals surface area contributed by atoms with E-state index < -0.39 is 19.9 Å². The number of carbonyl (C=O) groups is 3. The largest absolute Gasteiger partial charge is 0.344 e. The van der Waals surface area contributed by atoms with Crippen molar-refractivity contribution in [3.05, 3.63) is 83.4 Å². The summed E-state index contributed by atoms with van der Waals surface area (Å²) in [5, 5.41) is 10.7. The van der Waals surface area contributed by atoms with Crippen molar-refractivity contribution in [1.29, 1.82) is 0 Å². The summed E-state index contributed by atoms with van der Waals surface area (Å²) in [4.78, 5) is 37.6. The average molecular weight is 498 g/mol. The predicted molar refractivity (Wildman–Crippen MR) is 145 cm³/mol. The van der Waals surface area contributed by atoms with Gasteiger partial charge < -0.3 is 16.0 Å². The van der Waals surface area contributed by atoms with Crippen LogP contribution < -0.4 is 16.0 Å². The minimum Gasteiger partial charge on any atom is -0.344 e. The van der Waals surface area contributed by atoms with Gasteiger partial charge in [-0.2, -0.15) is 0 Å². The monoisotopic (exact) mass is 497 g/mol. The number of hydrogen-bond acceptors (Lipinski definition) is 3. The van der Waals surface area contributed by atoms with Gasteiger partial charge in [-0.1, -0.05) is 80.2 Å². The van der Waals surface area contributed by atoms with E-state index in [0.29, 0.717) is 11.1 Å². The molecule has 0 saturated heterocycles. The topological polar surface area (TPSA) is 87.3 Å². The Bertz CT molecular complexity index is 1380. The molecule has 0 atom stereocenters. The maximum absolute atomic E-state index is 13.3. The Kier molecular flexibility index (Phi) is 7.27. The number of rotatable bonds is 6. The molecule has 1 aliphatic carbocycles. The third-order valence-electron chi connectivity index (χ3n) is 6.11. The standard InChI is InChI=1S/C29H31N3O3Si/c1-36(2,3)18-8-17-30-27(34)28(35)31-20-23-11-6-7-12-25(23)26(33)32-29(15-16-29)24-14-13-21-9-4-5-10-22(21)19-24/h4-7,9-14,19H,15-17,20H2,1-3H3,(H,30,34)(H,31,35)(H,32,33). The Morgan fingerprint density at radius 1 is 0.861 bits per heavy atom.